The summed E-state index contributed by atoms with van der Waals surface area (Å²) in [4.78, 5) is 12.8. The molecule has 1 N–H and O–H groups in total. The van der Waals surface area contributed by atoms with E-state index in [0.29, 0.717) is 21.5 Å². The lowest BCUT2D eigenvalue weighted by molar-refractivity contribution is -0.115. The fourth-order valence-corrected chi connectivity index (χ4v) is 4.27. The molecule has 1 amide bonds. The van der Waals surface area contributed by atoms with Crippen LogP contribution in [0.5, 0.6) is 5.75 Å². The van der Waals surface area contributed by atoms with Crippen LogP contribution >= 0.6 is 23.4 Å². The Kier molecular flexibility index (Phi) is 6.39. The number of carbonyl (C=O) groups is 1. The van der Waals surface area contributed by atoms with E-state index in [1.54, 1.807) is 25.3 Å². The average Bonchev–Trinajstić information content (AvgIpc) is 2.80. The van der Waals surface area contributed by atoms with Gasteiger partial charge in [-0.2, -0.15) is 0 Å². The first-order valence-electron chi connectivity index (χ1n) is 9.68. The summed E-state index contributed by atoms with van der Waals surface area (Å²) in [6, 6.07) is 23.0. The smallest absolute Gasteiger partial charge is 0.237 e. The molecule has 5 nitrogen and oxygen atoms in total. The molecule has 1 unspecified atom stereocenters. The van der Waals surface area contributed by atoms with Crippen LogP contribution in [0.15, 0.2) is 77.8 Å². The molecule has 1 atom stereocenters. The summed E-state index contributed by atoms with van der Waals surface area (Å²) in [5.74, 6) is 0.371. The van der Waals surface area contributed by atoms with Crippen LogP contribution in [-0.4, -0.2) is 28.5 Å². The van der Waals surface area contributed by atoms with Crippen LogP contribution in [0.3, 0.4) is 0 Å². The average molecular weight is 450 g/mol. The maximum Gasteiger partial charge on any atom is 0.237 e. The highest BCUT2D eigenvalue weighted by Crippen LogP contribution is 2.34. The van der Waals surface area contributed by atoms with Crippen molar-refractivity contribution in [1.29, 1.82) is 0 Å². The normalized spacial score (nSPS) is 11.8. The summed E-state index contributed by atoms with van der Waals surface area (Å²) < 4.78 is 5.31. The molecule has 0 fully saturated rings. The van der Waals surface area contributed by atoms with Gasteiger partial charge in [0.1, 0.15) is 16.5 Å². The lowest BCUT2D eigenvalue weighted by Crippen LogP contribution is -2.23. The Labute approximate surface area is 189 Å². The number of anilines is 1. The topological polar surface area (TPSA) is 64.1 Å². The monoisotopic (exact) mass is 449 g/mol. The van der Waals surface area contributed by atoms with Crippen LogP contribution in [0.1, 0.15) is 6.92 Å². The van der Waals surface area contributed by atoms with Crippen LogP contribution in [0.4, 0.5) is 5.69 Å². The van der Waals surface area contributed by atoms with Gasteiger partial charge in [0.05, 0.1) is 18.0 Å². The number of amides is 1. The van der Waals surface area contributed by atoms with Gasteiger partial charge in [-0.25, -0.2) is 0 Å². The van der Waals surface area contributed by atoms with Crippen LogP contribution in [0, 0.1) is 0 Å². The second kappa shape index (κ2) is 9.37. The molecule has 0 saturated carbocycles. The molecule has 0 bridgehead atoms. The van der Waals surface area contributed by atoms with Crippen molar-refractivity contribution in [3.05, 3.63) is 77.8 Å². The molecule has 3 aromatic carbocycles. The predicted molar refractivity (Wildman–Crippen MR) is 127 cm³/mol. The summed E-state index contributed by atoms with van der Waals surface area (Å²) in [6.45, 7) is 1.83. The van der Waals surface area contributed by atoms with E-state index in [1.165, 1.54) is 11.8 Å². The molecule has 156 valence electrons. The van der Waals surface area contributed by atoms with Crippen molar-refractivity contribution in [3.8, 4) is 17.0 Å². The van der Waals surface area contributed by atoms with Gasteiger partial charge in [0, 0.05) is 21.4 Å². The lowest BCUT2D eigenvalue weighted by Gasteiger charge is -2.15. The number of halogens is 1. The number of hydrogen-bond acceptors (Lipinski definition) is 5. The van der Waals surface area contributed by atoms with Crippen molar-refractivity contribution >= 4 is 45.7 Å². The minimum absolute atomic E-state index is 0.177. The van der Waals surface area contributed by atoms with Gasteiger partial charge in [-0.15, -0.1) is 10.2 Å². The molecule has 0 aliphatic carbocycles. The number of hydrogen-bond donors (Lipinski definition) is 1. The van der Waals surface area contributed by atoms with Crippen LogP contribution in [0.25, 0.3) is 22.0 Å². The Bertz CT molecular complexity index is 1230. The fraction of sp³-hybridized carbons (Fsp3) is 0.125. The maximum atomic E-state index is 12.8. The van der Waals surface area contributed by atoms with Gasteiger partial charge in [0.15, 0.2) is 0 Å². The molecule has 31 heavy (non-hydrogen) atoms. The van der Waals surface area contributed by atoms with Crippen molar-refractivity contribution < 1.29 is 9.53 Å². The van der Waals surface area contributed by atoms with Gasteiger partial charge >= 0.3 is 0 Å². The van der Waals surface area contributed by atoms with Crippen LogP contribution in [-0.2, 0) is 4.79 Å². The number of nitrogens with one attached hydrogen (secondary N) is 1. The molecule has 0 radical (unpaired) electrons. The number of methoxy groups -OCH3 is 1. The van der Waals surface area contributed by atoms with E-state index in [-0.39, 0.29) is 5.91 Å². The van der Waals surface area contributed by atoms with E-state index < -0.39 is 5.25 Å². The van der Waals surface area contributed by atoms with Gasteiger partial charge in [0.25, 0.3) is 0 Å². The number of carbonyl (C=O) groups excluding carboxylic acids is 1. The number of nitrogens with zero attached hydrogens (tertiary/aromatic N) is 2. The minimum atomic E-state index is -0.413. The van der Waals surface area contributed by atoms with Crippen LogP contribution < -0.4 is 10.1 Å². The van der Waals surface area contributed by atoms with Crippen molar-refractivity contribution in [1.82, 2.24) is 10.2 Å². The largest absolute Gasteiger partial charge is 0.495 e. The Morgan fingerprint density at radius 3 is 2.45 bits per heavy atom. The first-order chi connectivity index (χ1) is 15.1. The zero-order valence-electron chi connectivity index (χ0n) is 17.0. The summed E-state index contributed by atoms with van der Waals surface area (Å²) in [5.41, 5.74) is 2.35. The second-order valence-electron chi connectivity index (χ2n) is 6.86. The van der Waals surface area contributed by atoms with Gasteiger partial charge < -0.3 is 10.1 Å². The molecule has 7 heteroatoms. The van der Waals surface area contributed by atoms with E-state index in [2.05, 4.69) is 15.5 Å². The molecule has 4 rings (SSSR count). The quantitative estimate of drug-likeness (QED) is 0.361. The SMILES string of the molecule is COc1ccc(Cl)cc1NC(=O)C(C)Sc1nnc(-c2ccccc2)c2ccccc12. The number of rotatable bonds is 6. The lowest BCUT2D eigenvalue weighted by atomic mass is 10.1. The third-order valence-corrected chi connectivity index (χ3v) is 6.11. The molecule has 0 aliphatic heterocycles. The van der Waals surface area contributed by atoms with Crippen molar-refractivity contribution in [2.24, 2.45) is 0 Å². The minimum Gasteiger partial charge on any atom is -0.495 e. The van der Waals surface area contributed by atoms with Crippen molar-refractivity contribution in [2.75, 3.05) is 12.4 Å². The summed E-state index contributed by atoms with van der Waals surface area (Å²) in [7, 11) is 1.55. The fourth-order valence-electron chi connectivity index (χ4n) is 3.21. The van der Waals surface area contributed by atoms with Gasteiger partial charge in [-0.05, 0) is 25.1 Å². The third-order valence-electron chi connectivity index (χ3n) is 4.78. The van der Waals surface area contributed by atoms with E-state index in [9.17, 15) is 4.79 Å². The highest BCUT2D eigenvalue weighted by atomic mass is 35.5. The third kappa shape index (κ3) is 4.65. The van der Waals surface area contributed by atoms with E-state index >= 15 is 0 Å². The summed E-state index contributed by atoms with van der Waals surface area (Å²) in [5, 5.41) is 14.6. The van der Waals surface area contributed by atoms with Crippen LogP contribution in [0.2, 0.25) is 5.02 Å². The number of ether oxygens (including phenoxy) is 1. The number of benzene rings is 3. The molecule has 1 aromatic heterocycles. The van der Waals surface area contributed by atoms with Crippen molar-refractivity contribution in [2.45, 2.75) is 17.2 Å². The number of aromatic nitrogens is 2. The Hall–Kier alpha value is -3.09. The molecule has 0 spiro atoms. The first-order valence-corrected chi connectivity index (χ1v) is 10.9. The van der Waals surface area contributed by atoms with Gasteiger partial charge in [-0.1, -0.05) is 78.0 Å². The Morgan fingerprint density at radius 1 is 1.00 bits per heavy atom. The van der Waals surface area contributed by atoms with E-state index in [4.69, 9.17) is 16.3 Å². The second-order valence-corrected chi connectivity index (χ2v) is 8.63. The molecular weight excluding hydrogens is 430 g/mol. The zero-order chi connectivity index (χ0) is 21.8. The van der Waals surface area contributed by atoms with Crippen molar-refractivity contribution in [3.63, 3.8) is 0 Å². The first kappa shape index (κ1) is 21.2. The molecular formula is C24H20ClN3O2S. The van der Waals surface area contributed by atoms with E-state index in [0.717, 1.165) is 22.0 Å². The molecule has 0 aliphatic rings. The standard InChI is InChI=1S/C24H20ClN3O2S/c1-15(23(29)26-20-14-17(25)12-13-21(20)30-2)31-24-19-11-7-6-10-18(19)22(27-28-24)16-8-4-3-5-9-16/h3-15H,1-2H3,(H,26,29). The summed E-state index contributed by atoms with van der Waals surface area (Å²) >= 11 is 7.43. The van der Waals surface area contributed by atoms with Gasteiger partial charge in [-0.3, -0.25) is 4.79 Å². The highest BCUT2D eigenvalue weighted by Gasteiger charge is 2.20. The predicted octanol–water partition coefficient (Wildman–Crippen LogP) is 6.08. The highest BCUT2D eigenvalue weighted by molar-refractivity contribution is 8.00. The molecule has 1 heterocycles. The molecule has 4 aromatic rings. The molecule has 0 saturated heterocycles. The number of fused-ring (bicyclic) bond motifs is 1. The Morgan fingerprint density at radius 2 is 1.71 bits per heavy atom. The summed E-state index contributed by atoms with van der Waals surface area (Å²) in [6.07, 6.45) is 0. The maximum absolute atomic E-state index is 12.8. The number of thioether (sulfide) groups is 1. The van der Waals surface area contributed by atoms with E-state index in [1.807, 2.05) is 61.5 Å². The van der Waals surface area contributed by atoms with Gasteiger partial charge in [0.2, 0.25) is 5.91 Å². The Balaban J connectivity index is 1.60. The zero-order valence-corrected chi connectivity index (χ0v) is 18.6.